The monoisotopic (exact) mass is 455 g/mol. The third-order valence-electron chi connectivity index (χ3n) is 8.40. The van der Waals surface area contributed by atoms with E-state index in [-0.39, 0.29) is 36.0 Å². The van der Waals surface area contributed by atoms with Gasteiger partial charge in [-0.2, -0.15) is 0 Å². The molecule has 5 fully saturated rings. The predicted octanol–water partition coefficient (Wildman–Crippen LogP) is 2.80. The van der Waals surface area contributed by atoms with Gasteiger partial charge in [0.15, 0.2) is 0 Å². The predicted molar refractivity (Wildman–Crippen MR) is 121 cm³/mol. The van der Waals surface area contributed by atoms with Crippen molar-refractivity contribution in [2.24, 2.45) is 23.7 Å². The Balaban J connectivity index is 1.26. The summed E-state index contributed by atoms with van der Waals surface area (Å²) in [5.74, 6) is 1.93. The normalized spacial score (nSPS) is 33.1. The molecule has 1 aliphatic heterocycles. The number of benzene rings is 1. The maximum Gasteiger partial charge on any atom is 0.246 e. The minimum atomic E-state index is -0.775. The summed E-state index contributed by atoms with van der Waals surface area (Å²) >= 11 is 0. The van der Waals surface area contributed by atoms with Crippen LogP contribution in [0.2, 0.25) is 0 Å². The second-order valence-corrected chi connectivity index (χ2v) is 10.7. The van der Waals surface area contributed by atoms with Crippen molar-refractivity contribution >= 4 is 17.7 Å². The van der Waals surface area contributed by atoms with Gasteiger partial charge in [0, 0.05) is 25.9 Å². The minimum Gasteiger partial charge on any atom is -0.351 e. The van der Waals surface area contributed by atoms with E-state index in [2.05, 4.69) is 10.6 Å². The molecule has 4 aliphatic carbocycles. The summed E-state index contributed by atoms with van der Waals surface area (Å²) in [6, 6.07) is 4.93. The van der Waals surface area contributed by atoms with E-state index in [9.17, 15) is 18.8 Å². The van der Waals surface area contributed by atoms with E-state index in [0.29, 0.717) is 24.8 Å². The minimum absolute atomic E-state index is 0.0401. The lowest BCUT2D eigenvalue weighted by atomic mass is 9.54. The molecule has 4 saturated carbocycles. The lowest BCUT2D eigenvalue weighted by Crippen LogP contribution is -2.59. The van der Waals surface area contributed by atoms with Crippen molar-refractivity contribution < 1.29 is 18.8 Å². The van der Waals surface area contributed by atoms with E-state index < -0.39 is 12.1 Å². The number of carbonyl (C=O) groups is 3. The Bertz CT molecular complexity index is 890. The highest BCUT2D eigenvalue weighted by Crippen LogP contribution is 2.53. The van der Waals surface area contributed by atoms with Gasteiger partial charge in [-0.05, 0) is 86.3 Å². The molecule has 2 N–H and O–H groups in total. The molecule has 0 unspecified atom stereocenters. The fourth-order valence-corrected chi connectivity index (χ4v) is 7.23. The number of carbonyl (C=O) groups excluding carboxylic acids is 3. The van der Waals surface area contributed by atoms with Crippen LogP contribution in [0, 0.1) is 29.5 Å². The number of halogens is 1. The van der Waals surface area contributed by atoms with Crippen LogP contribution in [-0.2, 0) is 20.8 Å². The third-order valence-corrected chi connectivity index (χ3v) is 8.40. The molecule has 1 aromatic carbocycles. The topological polar surface area (TPSA) is 78.5 Å². The summed E-state index contributed by atoms with van der Waals surface area (Å²) in [5.41, 5.74) is 0.761. The second kappa shape index (κ2) is 9.07. The van der Waals surface area contributed by atoms with Gasteiger partial charge in [-0.3, -0.25) is 14.4 Å². The van der Waals surface area contributed by atoms with Crippen LogP contribution in [0.5, 0.6) is 0 Å². The molecule has 0 spiro atoms. The fraction of sp³-hybridized carbons (Fsp3) is 0.654. The van der Waals surface area contributed by atoms with Crippen molar-refractivity contribution in [3.05, 3.63) is 35.6 Å². The van der Waals surface area contributed by atoms with Gasteiger partial charge in [0.25, 0.3) is 0 Å². The zero-order valence-corrected chi connectivity index (χ0v) is 19.3. The van der Waals surface area contributed by atoms with Crippen LogP contribution in [0.4, 0.5) is 4.39 Å². The summed E-state index contributed by atoms with van der Waals surface area (Å²) in [5, 5.41) is 6.11. The highest BCUT2D eigenvalue weighted by molar-refractivity contribution is 5.92. The number of rotatable bonds is 6. The van der Waals surface area contributed by atoms with Gasteiger partial charge in [-0.1, -0.05) is 12.1 Å². The number of nitrogens with zero attached hydrogens (tertiary/aromatic N) is 1. The van der Waals surface area contributed by atoms with Gasteiger partial charge < -0.3 is 15.5 Å². The van der Waals surface area contributed by atoms with Crippen molar-refractivity contribution in [2.45, 2.75) is 76.4 Å². The average Bonchev–Trinajstić information content (AvgIpc) is 3.26. The molecule has 7 heteroatoms. The second-order valence-electron chi connectivity index (χ2n) is 10.7. The van der Waals surface area contributed by atoms with Gasteiger partial charge >= 0.3 is 0 Å². The highest BCUT2D eigenvalue weighted by atomic mass is 19.1. The molecular weight excluding hydrogens is 421 g/mol. The van der Waals surface area contributed by atoms with Gasteiger partial charge in [0.2, 0.25) is 17.7 Å². The van der Waals surface area contributed by atoms with Crippen molar-refractivity contribution in [1.82, 2.24) is 15.5 Å². The molecule has 4 bridgehead atoms. The molecule has 3 amide bonds. The molecule has 1 heterocycles. The lowest BCUT2D eigenvalue weighted by Gasteiger charge is -2.54. The maximum atomic E-state index is 13.5. The Kier molecular flexibility index (Phi) is 6.14. The van der Waals surface area contributed by atoms with Gasteiger partial charge in [-0.15, -0.1) is 0 Å². The van der Waals surface area contributed by atoms with E-state index in [1.54, 1.807) is 17.0 Å². The fourth-order valence-electron chi connectivity index (χ4n) is 7.23. The smallest absolute Gasteiger partial charge is 0.246 e. The van der Waals surface area contributed by atoms with Crippen LogP contribution in [-0.4, -0.2) is 47.3 Å². The van der Waals surface area contributed by atoms with Gasteiger partial charge in [0.1, 0.15) is 17.9 Å². The first kappa shape index (κ1) is 22.4. The largest absolute Gasteiger partial charge is 0.351 e. The standard InChI is InChI=1S/C26H34FN3O3/c1-15(31)28-22(14-16-4-6-21(27)7-5-16)26(33)30-8-2-3-23(30)25(32)29-24-19-10-17-9-18(12-19)13-20(24)11-17/h4-7,17-20,22-24H,2-3,8-14H2,1H3,(H,28,31)(H,29,32)/t17?,18?,19?,20?,22-,23+,24?/m0/s1. The van der Waals surface area contributed by atoms with E-state index in [1.807, 2.05) is 0 Å². The van der Waals surface area contributed by atoms with E-state index in [0.717, 1.165) is 23.8 Å². The van der Waals surface area contributed by atoms with E-state index in [1.165, 1.54) is 51.2 Å². The summed E-state index contributed by atoms with van der Waals surface area (Å²) in [6.45, 7) is 1.89. The quantitative estimate of drug-likeness (QED) is 0.693. The number of likely N-dealkylation sites (tertiary alicyclic amines) is 1. The SMILES string of the molecule is CC(=O)N[C@@H](Cc1ccc(F)cc1)C(=O)N1CCC[C@@H]1C(=O)NC1C2CC3CC(C2)CC1C3. The van der Waals surface area contributed by atoms with Crippen molar-refractivity contribution in [2.75, 3.05) is 6.54 Å². The summed E-state index contributed by atoms with van der Waals surface area (Å²) in [7, 11) is 0. The molecule has 2 atom stereocenters. The van der Waals surface area contributed by atoms with Crippen molar-refractivity contribution in [3.63, 3.8) is 0 Å². The average molecular weight is 456 g/mol. The Labute approximate surface area is 194 Å². The Hall–Kier alpha value is -2.44. The number of nitrogens with one attached hydrogen (secondary N) is 2. The van der Waals surface area contributed by atoms with Crippen LogP contribution in [0.1, 0.15) is 57.4 Å². The zero-order chi connectivity index (χ0) is 23.1. The number of hydrogen-bond donors (Lipinski definition) is 2. The van der Waals surface area contributed by atoms with Crippen molar-refractivity contribution in [1.29, 1.82) is 0 Å². The van der Waals surface area contributed by atoms with E-state index >= 15 is 0 Å². The van der Waals surface area contributed by atoms with Crippen LogP contribution in [0.3, 0.4) is 0 Å². The molecular formula is C26H34FN3O3. The summed E-state index contributed by atoms with van der Waals surface area (Å²) in [6.07, 6.45) is 7.97. The molecule has 5 aliphatic rings. The van der Waals surface area contributed by atoms with Crippen LogP contribution < -0.4 is 10.6 Å². The first-order chi connectivity index (χ1) is 15.9. The Morgan fingerprint density at radius 3 is 2.27 bits per heavy atom. The molecule has 6 nitrogen and oxygen atoms in total. The highest BCUT2D eigenvalue weighted by Gasteiger charge is 2.49. The lowest BCUT2D eigenvalue weighted by molar-refractivity contribution is -0.142. The molecule has 6 rings (SSSR count). The molecule has 1 aromatic rings. The molecule has 33 heavy (non-hydrogen) atoms. The van der Waals surface area contributed by atoms with Gasteiger partial charge in [-0.25, -0.2) is 4.39 Å². The molecule has 0 radical (unpaired) electrons. The Morgan fingerprint density at radius 1 is 1.03 bits per heavy atom. The van der Waals surface area contributed by atoms with Crippen LogP contribution in [0.25, 0.3) is 0 Å². The van der Waals surface area contributed by atoms with Crippen molar-refractivity contribution in [3.8, 4) is 0 Å². The number of amides is 3. The van der Waals surface area contributed by atoms with Crippen LogP contribution in [0.15, 0.2) is 24.3 Å². The summed E-state index contributed by atoms with van der Waals surface area (Å²) in [4.78, 5) is 40.3. The third kappa shape index (κ3) is 4.64. The van der Waals surface area contributed by atoms with Gasteiger partial charge in [0.05, 0.1) is 0 Å². The Morgan fingerprint density at radius 2 is 1.67 bits per heavy atom. The first-order valence-corrected chi connectivity index (χ1v) is 12.5. The first-order valence-electron chi connectivity index (χ1n) is 12.5. The molecule has 178 valence electrons. The van der Waals surface area contributed by atoms with E-state index in [4.69, 9.17) is 0 Å². The molecule has 0 aromatic heterocycles. The maximum absolute atomic E-state index is 13.5. The zero-order valence-electron chi connectivity index (χ0n) is 19.3. The molecule has 1 saturated heterocycles. The van der Waals surface area contributed by atoms with Crippen LogP contribution >= 0.6 is 0 Å². The number of hydrogen-bond acceptors (Lipinski definition) is 3. The summed E-state index contributed by atoms with van der Waals surface area (Å²) < 4.78 is 13.3.